The smallest absolute Gasteiger partial charge is 0.338 e. The fourth-order valence-electron chi connectivity index (χ4n) is 3.94. The van der Waals surface area contributed by atoms with Crippen LogP contribution >= 0.6 is 11.6 Å². The molecule has 3 amide bonds. The Bertz CT molecular complexity index is 1480. The number of carbonyl (C=O) groups excluding carboxylic acids is 4. The van der Waals surface area contributed by atoms with Gasteiger partial charge in [-0.25, -0.2) is 9.69 Å². The van der Waals surface area contributed by atoms with Crippen LogP contribution in [0.15, 0.2) is 77.5 Å². The number of hydrogen-bond acceptors (Lipinski definition) is 7. The molecule has 206 valence electrons. The molecular weight excluding hydrogens is 534 g/mol. The first-order valence-electron chi connectivity index (χ1n) is 12.6. The molecule has 0 unspecified atom stereocenters. The first kappa shape index (κ1) is 28.4. The van der Waals surface area contributed by atoms with Gasteiger partial charge in [0.1, 0.15) is 16.5 Å². The van der Waals surface area contributed by atoms with E-state index < -0.39 is 17.8 Å². The molecular formula is C30H28ClN3O6. The van der Waals surface area contributed by atoms with Crippen LogP contribution in [0.2, 0.25) is 0 Å². The van der Waals surface area contributed by atoms with Crippen LogP contribution in [0.1, 0.15) is 46.0 Å². The Morgan fingerprint density at radius 3 is 2.20 bits per heavy atom. The summed E-state index contributed by atoms with van der Waals surface area (Å²) in [7, 11) is 1.45. The number of nitrogens with zero attached hydrogens (tertiary/aromatic N) is 1. The van der Waals surface area contributed by atoms with Crippen LogP contribution in [-0.2, 0) is 14.3 Å². The summed E-state index contributed by atoms with van der Waals surface area (Å²) < 4.78 is 10.5. The van der Waals surface area contributed by atoms with E-state index in [1.54, 1.807) is 66.7 Å². The second-order valence-corrected chi connectivity index (χ2v) is 9.41. The molecule has 0 fully saturated rings. The standard InChI is InChI=1S/C30H28ClN3O6/c1-4-5-16-40-30(38)20-9-13-22(14-10-20)33-27(35)19-7-11-21(12-8-19)32-26-25(31)28(36)34(29(26)37)23-17-18(2)6-15-24(23)39-3/h6-15,17,32H,4-5,16H2,1-3H3,(H,33,35). The highest BCUT2D eigenvalue weighted by Gasteiger charge is 2.40. The molecule has 1 heterocycles. The molecule has 0 aliphatic carbocycles. The number of methoxy groups -OCH3 is 1. The average Bonchev–Trinajstić information content (AvgIpc) is 3.16. The minimum Gasteiger partial charge on any atom is -0.495 e. The summed E-state index contributed by atoms with van der Waals surface area (Å²) in [5.74, 6) is -1.72. The number of halogens is 1. The summed E-state index contributed by atoms with van der Waals surface area (Å²) >= 11 is 6.26. The van der Waals surface area contributed by atoms with Gasteiger partial charge in [0.2, 0.25) is 0 Å². The molecule has 9 nitrogen and oxygen atoms in total. The molecule has 1 aliphatic heterocycles. The Balaban J connectivity index is 1.41. The number of imide groups is 1. The van der Waals surface area contributed by atoms with Crippen LogP contribution in [0.25, 0.3) is 0 Å². The Morgan fingerprint density at radius 1 is 0.900 bits per heavy atom. The molecule has 4 rings (SSSR count). The number of unbranched alkanes of at least 4 members (excludes halogenated alkanes) is 1. The number of esters is 1. The summed E-state index contributed by atoms with van der Waals surface area (Å²) in [6.45, 7) is 4.21. The monoisotopic (exact) mass is 561 g/mol. The lowest BCUT2D eigenvalue weighted by Crippen LogP contribution is -2.32. The first-order chi connectivity index (χ1) is 19.2. The Kier molecular flexibility index (Phi) is 8.86. The highest BCUT2D eigenvalue weighted by Crippen LogP contribution is 2.36. The van der Waals surface area contributed by atoms with E-state index in [9.17, 15) is 19.2 Å². The second kappa shape index (κ2) is 12.5. The third-order valence-electron chi connectivity index (χ3n) is 6.13. The summed E-state index contributed by atoms with van der Waals surface area (Å²) in [6, 6.07) is 17.9. The van der Waals surface area contributed by atoms with Gasteiger partial charge in [-0.1, -0.05) is 31.0 Å². The highest BCUT2D eigenvalue weighted by atomic mass is 35.5. The molecule has 0 atom stereocenters. The van der Waals surface area contributed by atoms with Gasteiger partial charge < -0.3 is 20.1 Å². The van der Waals surface area contributed by atoms with E-state index in [4.69, 9.17) is 21.1 Å². The molecule has 3 aromatic carbocycles. The van der Waals surface area contributed by atoms with Crippen molar-refractivity contribution in [3.63, 3.8) is 0 Å². The van der Waals surface area contributed by atoms with E-state index in [1.165, 1.54) is 7.11 Å². The van der Waals surface area contributed by atoms with Crippen molar-refractivity contribution in [3.8, 4) is 5.75 Å². The largest absolute Gasteiger partial charge is 0.495 e. The minimum absolute atomic E-state index is 0.0827. The fourth-order valence-corrected chi connectivity index (χ4v) is 4.15. The van der Waals surface area contributed by atoms with Crippen LogP contribution in [0, 0.1) is 6.92 Å². The molecule has 2 N–H and O–H groups in total. The fraction of sp³-hybridized carbons (Fsp3) is 0.200. The zero-order chi connectivity index (χ0) is 28.8. The van der Waals surface area contributed by atoms with Gasteiger partial charge in [-0.2, -0.15) is 0 Å². The molecule has 3 aromatic rings. The van der Waals surface area contributed by atoms with E-state index in [1.807, 2.05) is 13.8 Å². The van der Waals surface area contributed by atoms with Gasteiger partial charge in [-0.15, -0.1) is 0 Å². The molecule has 0 bridgehead atoms. The molecule has 10 heteroatoms. The van der Waals surface area contributed by atoms with Crippen molar-refractivity contribution < 1.29 is 28.7 Å². The zero-order valence-corrected chi connectivity index (χ0v) is 23.0. The number of anilines is 3. The van der Waals surface area contributed by atoms with Crippen molar-refractivity contribution in [2.24, 2.45) is 0 Å². The SMILES string of the molecule is CCCCOC(=O)c1ccc(NC(=O)c2ccc(NC3=C(Cl)C(=O)N(c4cc(C)ccc4OC)C3=O)cc2)cc1. The molecule has 0 spiro atoms. The van der Waals surface area contributed by atoms with Gasteiger partial charge in [-0.05, 0) is 79.6 Å². The third kappa shape index (κ3) is 6.16. The number of rotatable bonds is 10. The highest BCUT2D eigenvalue weighted by molar-refractivity contribution is 6.53. The van der Waals surface area contributed by atoms with E-state index >= 15 is 0 Å². The zero-order valence-electron chi connectivity index (χ0n) is 22.2. The van der Waals surface area contributed by atoms with Gasteiger partial charge in [0.25, 0.3) is 17.7 Å². The maximum absolute atomic E-state index is 13.2. The predicted molar refractivity (Wildman–Crippen MR) is 153 cm³/mol. The van der Waals surface area contributed by atoms with Crippen molar-refractivity contribution in [1.82, 2.24) is 0 Å². The molecule has 0 aromatic heterocycles. The predicted octanol–water partition coefficient (Wildman–Crippen LogP) is 5.65. The first-order valence-corrected chi connectivity index (χ1v) is 13.0. The minimum atomic E-state index is -0.672. The summed E-state index contributed by atoms with van der Waals surface area (Å²) in [6.07, 6.45) is 1.73. The number of amides is 3. The molecule has 0 saturated carbocycles. The maximum Gasteiger partial charge on any atom is 0.338 e. The lowest BCUT2D eigenvalue weighted by Gasteiger charge is -2.18. The van der Waals surface area contributed by atoms with Gasteiger partial charge >= 0.3 is 5.97 Å². The Labute approximate surface area is 236 Å². The normalized spacial score (nSPS) is 12.9. The average molecular weight is 562 g/mol. The number of aryl methyl sites for hydroxylation is 1. The van der Waals surface area contributed by atoms with Crippen molar-refractivity contribution in [2.45, 2.75) is 26.7 Å². The quantitative estimate of drug-likeness (QED) is 0.187. The maximum atomic E-state index is 13.2. The third-order valence-corrected chi connectivity index (χ3v) is 6.48. The van der Waals surface area contributed by atoms with E-state index in [2.05, 4.69) is 10.6 Å². The Hall–Kier alpha value is -4.63. The van der Waals surface area contributed by atoms with Gasteiger partial charge in [0.15, 0.2) is 0 Å². The van der Waals surface area contributed by atoms with Crippen LogP contribution < -0.4 is 20.3 Å². The van der Waals surface area contributed by atoms with Crippen molar-refractivity contribution >= 4 is 52.4 Å². The van der Waals surface area contributed by atoms with Gasteiger partial charge in [0, 0.05) is 16.9 Å². The van der Waals surface area contributed by atoms with Crippen molar-refractivity contribution in [1.29, 1.82) is 0 Å². The van der Waals surface area contributed by atoms with Gasteiger partial charge in [0.05, 0.1) is 25.0 Å². The van der Waals surface area contributed by atoms with Crippen LogP contribution in [0.5, 0.6) is 5.75 Å². The summed E-state index contributed by atoms with van der Waals surface area (Å²) in [5.41, 5.74) is 2.77. The van der Waals surface area contributed by atoms with Crippen LogP contribution in [0.4, 0.5) is 17.1 Å². The van der Waals surface area contributed by atoms with Crippen LogP contribution in [0.3, 0.4) is 0 Å². The van der Waals surface area contributed by atoms with Gasteiger partial charge in [-0.3, -0.25) is 14.4 Å². The second-order valence-electron chi connectivity index (χ2n) is 9.03. The topological polar surface area (TPSA) is 114 Å². The Morgan fingerprint density at radius 2 is 1.55 bits per heavy atom. The van der Waals surface area contributed by atoms with E-state index in [0.717, 1.165) is 23.3 Å². The molecule has 0 radical (unpaired) electrons. The summed E-state index contributed by atoms with van der Waals surface area (Å²) in [4.78, 5) is 51.8. The number of benzene rings is 3. The van der Waals surface area contributed by atoms with Crippen molar-refractivity contribution in [2.75, 3.05) is 29.3 Å². The van der Waals surface area contributed by atoms with Crippen LogP contribution in [-0.4, -0.2) is 37.4 Å². The molecule has 40 heavy (non-hydrogen) atoms. The summed E-state index contributed by atoms with van der Waals surface area (Å²) in [5, 5.41) is 5.41. The number of ether oxygens (including phenoxy) is 2. The van der Waals surface area contributed by atoms with E-state index in [-0.39, 0.29) is 16.6 Å². The van der Waals surface area contributed by atoms with E-state index in [0.29, 0.717) is 40.5 Å². The lowest BCUT2D eigenvalue weighted by atomic mass is 10.1. The van der Waals surface area contributed by atoms with Crippen molar-refractivity contribution in [3.05, 3.63) is 94.1 Å². The number of hydrogen-bond donors (Lipinski definition) is 2. The number of carbonyl (C=O) groups is 4. The molecule has 1 aliphatic rings. The lowest BCUT2D eigenvalue weighted by molar-refractivity contribution is -0.120. The molecule has 0 saturated heterocycles. The number of nitrogens with one attached hydrogen (secondary N) is 2.